The summed E-state index contributed by atoms with van der Waals surface area (Å²) in [5.74, 6) is 7.29. The van der Waals surface area contributed by atoms with Gasteiger partial charge in [0.25, 0.3) is 0 Å². The van der Waals surface area contributed by atoms with Gasteiger partial charge in [-0.2, -0.15) is 0 Å². The SMILES string of the molecule is C[Se](C)(C)CCCC1OCc2cc(C#N)ccc21. The van der Waals surface area contributed by atoms with Crippen molar-refractivity contribution in [3.8, 4) is 6.07 Å². The molecule has 98 valence electrons. The van der Waals surface area contributed by atoms with Crippen LogP contribution in [0.5, 0.6) is 0 Å². The van der Waals surface area contributed by atoms with E-state index in [1.807, 2.05) is 12.1 Å². The molecule has 0 amide bonds. The second kappa shape index (κ2) is 5.45. The summed E-state index contributed by atoms with van der Waals surface area (Å²) in [4.78, 5) is 0. The van der Waals surface area contributed by atoms with E-state index in [1.54, 1.807) is 0 Å². The Balaban J connectivity index is 1.98. The normalized spacial score (nSPS) is 19.3. The van der Waals surface area contributed by atoms with Gasteiger partial charge < -0.3 is 0 Å². The van der Waals surface area contributed by atoms with Crippen molar-refractivity contribution in [1.29, 1.82) is 5.26 Å². The fourth-order valence-corrected chi connectivity index (χ4v) is 4.50. The first-order valence-corrected chi connectivity index (χ1v) is 12.7. The Labute approximate surface area is 112 Å². The Morgan fingerprint density at radius 2 is 2.17 bits per heavy atom. The third-order valence-corrected chi connectivity index (χ3v) is 6.46. The Bertz CT molecular complexity index is 470. The molecule has 18 heavy (non-hydrogen) atoms. The van der Waals surface area contributed by atoms with Gasteiger partial charge in [-0.1, -0.05) is 0 Å². The van der Waals surface area contributed by atoms with Crippen molar-refractivity contribution < 1.29 is 4.74 Å². The molecule has 1 aromatic carbocycles. The molecule has 1 aromatic rings. The van der Waals surface area contributed by atoms with Crippen LogP contribution < -0.4 is 0 Å². The Morgan fingerprint density at radius 3 is 2.83 bits per heavy atom. The van der Waals surface area contributed by atoms with E-state index in [0.29, 0.717) is 6.61 Å². The van der Waals surface area contributed by atoms with Crippen molar-refractivity contribution in [1.82, 2.24) is 0 Å². The molecule has 1 unspecified atom stereocenters. The predicted molar refractivity (Wildman–Crippen MR) is 76.1 cm³/mol. The van der Waals surface area contributed by atoms with Crippen LogP contribution in [0.15, 0.2) is 18.2 Å². The third kappa shape index (κ3) is 3.36. The number of ether oxygens (including phenoxy) is 1. The van der Waals surface area contributed by atoms with Gasteiger partial charge in [-0.25, -0.2) is 0 Å². The molecule has 0 saturated carbocycles. The number of benzene rings is 1. The van der Waals surface area contributed by atoms with E-state index in [-0.39, 0.29) is 6.10 Å². The zero-order valence-electron chi connectivity index (χ0n) is 11.4. The molecule has 2 rings (SSSR count). The molecular formula is C15H21NOSe. The van der Waals surface area contributed by atoms with Gasteiger partial charge in [0, 0.05) is 0 Å². The fraction of sp³-hybridized carbons (Fsp3) is 0.533. The Hall–Kier alpha value is -0.811. The van der Waals surface area contributed by atoms with E-state index in [9.17, 15) is 0 Å². The summed E-state index contributed by atoms with van der Waals surface area (Å²) in [6.45, 7) is 0.671. The molecule has 1 atom stereocenters. The van der Waals surface area contributed by atoms with Crippen LogP contribution in [0.4, 0.5) is 0 Å². The molecule has 0 radical (unpaired) electrons. The average molecular weight is 310 g/mol. The van der Waals surface area contributed by atoms with E-state index in [2.05, 4.69) is 29.6 Å². The standard InChI is InChI=1S/C15H21NOSe/c1-18(2,3)8-4-5-15-14-7-6-12(10-16)9-13(14)11-17-15/h6-7,9,15H,4-5,8,11H2,1-3H3. The monoisotopic (exact) mass is 311 g/mol. The van der Waals surface area contributed by atoms with Gasteiger partial charge in [0.1, 0.15) is 0 Å². The molecule has 0 aromatic heterocycles. The molecule has 0 spiro atoms. The van der Waals surface area contributed by atoms with Gasteiger partial charge in [-0.05, 0) is 0 Å². The molecule has 3 heteroatoms. The molecule has 0 saturated heterocycles. The molecule has 0 bridgehead atoms. The van der Waals surface area contributed by atoms with Gasteiger partial charge in [0.2, 0.25) is 0 Å². The third-order valence-electron chi connectivity index (χ3n) is 3.28. The van der Waals surface area contributed by atoms with E-state index >= 15 is 0 Å². The summed E-state index contributed by atoms with van der Waals surface area (Å²) >= 11 is -1.10. The van der Waals surface area contributed by atoms with Crippen LogP contribution >= 0.6 is 0 Å². The van der Waals surface area contributed by atoms with Gasteiger partial charge in [-0.3, -0.25) is 0 Å². The number of rotatable bonds is 4. The molecule has 1 heterocycles. The van der Waals surface area contributed by atoms with E-state index in [4.69, 9.17) is 10.00 Å². The topological polar surface area (TPSA) is 33.0 Å². The van der Waals surface area contributed by atoms with Crippen molar-refractivity contribution in [3.63, 3.8) is 0 Å². The maximum atomic E-state index is 8.88. The first-order chi connectivity index (χ1) is 8.49. The fourth-order valence-electron chi connectivity index (χ4n) is 2.34. The van der Waals surface area contributed by atoms with Crippen LogP contribution in [0, 0.1) is 11.3 Å². The molecular weight excluding hydrogens is 289 g/mol. The second-order valence-electron chi connectivity index (χ2n) is 5.76. The molecule has 1 aliphatic heterocycles. The van der Waals surface area contributed by atoms with Crippen molar-refractivity contribution in [2.75, 3.05) is 0 Å². The summed E-state index contributed by atoms with van der Waals surface area (Å²) in [7, 11) is 0. The van der Waals surface area contributed by atoms with Gasteiger partial charge >= 0.3 is 112 Å². The van der Waals surface area contributed by atoms with Crippen LogP contribution in [-0.4, -0.2) is 12.8 Å². The number of fused-ring (bicyclic) bond motifs is 1. The molecule has 0 aliphatic carbocycles. The second-order valence-corrected chi connectivity index (χ2v) is 15.4. The van der Waals surface area contributed by atoms with E-state index < -0.39 is 12.8 Å². The molecule has 2 nitrogen and oxygen atoms in total. The molecule has 0 fully saturated rings. The summed E-state index contributed by atoms with van der Waals surface area (Å²) in [6.07, 6.45) is 2.63. The quantitative estimate of drug-likeness (QED) is 0.779. The van der Waals surface area contributed by atoms with Gasteiger partial charge in [0.15, 0.2) is 0 Å². The number of nitrogens with zero attached hydrogens (tertiary/aromatic N) is 1. The van der Waals surface area contributed by atoms with Crippen molar-refractivity contribution in [3.05, 3.63) is 34.9 Å². The zero-order chi connectivity index (χ0) is 13.2. The van der Waals surface area contributed by atoms with E-state index in [1.165, 1.54) is 22.9 Å². The predicted octanol–water partition coefficient (Wildman–Crippen LogP) is 4.25. The minimum atomic E-state index is -1.10. The zero-order valence-corrected chi connectivity index (χ0v) is 13.1. The first kappa shape index (κ1) is 13.6. The van der Waals surface area contributed by atoms with Gasteiger partial charge in [0.05, 0.1) is 0 Å². The van der Waals surface area contributed by atoms with Crippen molar-refractivity contribution in [2.24, 2.45) is 0 Å². The van der Waals surface area contributed by atoms with Crippen LogP contribution in [0.2, 0.25) is 22.8 Å². The number of nitriles is 1. The average Bonchev–Trinajstić information content (AvgIpc) is 2.70. The minimum absolute atomic E-state index is 0.257. The first-order valence-electron chi connectivity index (χ1n) is 6.30. The van der Waals surface area contributed by atoms with E-state index in [0.717, 1.165) is 12.0 Å². The van der Waals surface area contributed by atoms with Crippen LogP contribution in [-0.2, 0) is 11.3 Å². The molecule has 0 N–H and O–H groups in total. The van der Waals surface area contributed by atoms with Crippen LogP contribution in [0.1, 0.15) is 35.6 Å². The van der Waals surface area contributed by atoms with Crippen LogP contribution in [0.25, 0.3) is 0 Å². The summed E-state index contributed by atoms with van der Waals surface area (Å²) in [5, 5.41) is 10.3. The van der Waals surface area contributed by atoms with Crippen molar-refractivity contribution >= 4 is 12.8 Å². The number of hydrogen-bond acceptors (Lipinski definition) is 2. The molecule has 1 aliphatic rings. The summed E-state index contributed by atoms with van der Waals surface area (Å²) in [6, 6.07) is 8.13. The van der Waals surface area contributed by atoms with Crippen molar-refractivity contribution in [2.45, 2.75) is 48.3 Å². The van der Waals surface area contributed by atoms with Crippen LogP contribution in [0.3, 0.4) is 0 Å². The summed E-state index contributed by atoms with van der Waals surface area (Å²) < 4.78 is 5.85. The van der Waals surface area contributed by atoms with Gasteiger partial charge in [-0.15, -0.1) is 0 Å². The Kier molecular flexibility index (Phi) is 4.12. The maximum absolute atomic E-state index is 8.88. The summed E-state index contributed by atoms with van der Waals surface area (Å²) in [5.41, 5.74) is 3.24. The Morgan fingerprint density at radius 1 is 1.39 bits per heavy atom. The number of hydrogen-bond donors (Lipinski definition) is 0.